The molecule has 1 aliphatic carbocycles. The van der Waals surface area contributed by atoms with Crippen molar-refractivity contribution in [1.82, 2.24) is 0 Å². The van der Waals surface area contributed by atoms with Crippen molar-refractivity contribution in [3.8, 4) is 0 Å². The standard InChI is InChI=1S/C9H13NS/c1-6-2-9(11-5-6)8-3-7(8)4-10/h2,5,7-8H,3-4,10H2,1H3/t7-,8+/m0/s1. The predicted octanol–water partition coefficient (Wildman–Crippen LogP) is 2.12. The van der Waals surface area contributed by atoms with E-state index < -0.39 is 0 Å². The van der Waals surface area contributed by atoms with Gasteiger partial charge < -0.3 is 5.73 Å². The Balaban J connectivity index is 2.08. The average Bonchev–Trinajstić information content (AvgIpc) is 2.68. The first-order chi connectivity index (χ1) is 5.31. The highest BCUT2D eigenvalue weighted by Gasteiger charge is 2.37. The number of thiophene rings is 1. The van der Waals surface area contributed by atoms with Crippen molar-refractivity contribution in [1.29, 1.82) is 0 Å². The quantitative estimate of drug-likeness (QED) is 0.717. The molecule has 0 amide bonds. The molecule has 2 N–H and O–H groups in total. The monoisotopic (exact) mass is 167 g/mol. The molecule has 0 saturated heterocycles. The maximum Gasteiger partial charge on any atom is 0.00822 e. The Morgan fingerprint density at radius 1 is 1.73 bits per heavy atom. The first-order valence-corrected chi connectivity index (χ1v) is 4.94. The number of hydrogen-bond acceptors (Lipinski definition) is 2. The summed E-state index contributed by atoms with van der Waals surface area (Å²) in [5.74, 6) is 1.59. The molecule has 1 saturated carbocycles. The van der Waals surface area contributed by atoms with Gasteiger partial charge in [0.15, 0.2) is 0 Å². The van der Waals surface area contributed by atoms with Crippen LogP contribution in [0.25, 0.3) is 0 Å². The van der Waals surface area contributed by atoms with Gasteiger partial charge in [-0.15, -0.1) is 11.3 Å². The first-order valence-electron chi connectivity index (χ1n) is 4.06. The van der Waals surface area contributed by atoms with Gasteiger partial charge in [0.05, 0.1) is 0 Å². The summed E-state index contributed by atoms with van der Waals surface area (Å²) in [6.45, 7) is 3.02. The van der Waals surface area contributed by atoms with Crippen LogP contribution in [0.15, 0.2) is 11.4 Å². The molecule has 60 valence electrons. The molecule has 1 aromatic heterocycles. The van der Waals surface area contributed by atoms with Crippen molar-refractivity contribution in [3.63, 3.8) is 0 Å². The van der Waals surface area contributed by atoms with Gasteiger partial charge in [0.1, 0.15) is 0 Å². The minimum absolute atomic E-state index is 0.785. The van der Waals surface area contributed by atoms with Crippen LogP contribution in [0.4, 0.5) is 0 Å². The van der Waals surface area contributed by atoms with Crippen LogP contribution in [0, 0.1) is 12.8 Å². The van der Waals surface area contributed by atoms with Crippen molar-refractivity contribution in [3.05, 3.63) is 21.9 Å². The Hall–Kier alpha value is -0.340. The number of rotatable bonds is 2. The van der Waals surface area contributed by atoms with Crippen molar-refractivity contribution < 1.29 is 0 Å². The molecule has 1 nitrogen and oxygen atoms in total. The van der Waals surface area contributed by atoms with Crippen LogP contribution in [0.5, 0.6) is 0 Å². The molecule has 0 unspecified atom stereocenters. The second-order valence-corrected chi connectivity index (χ2v) is 4.31. The average molecular weight is 167 g/mol. The van der Waals surface area contributed by atoms with E-state index in [1.54, 1.807) is 0 Å². The fourth-order valence-electron chi connectivity index (χ4n) is 1.50. The molecular weight excluding hydrogens is 154 g/mol. The summed E-state index contributed by atoms with van der Waals surface area (Å²) in [6.07, 6.45) is 1.32. The fraction of sp³-hybridized carbons (Fsp3) is 0.556. The maximum atomic E-state index is 5.57. The number of aryl methyl sites for hydroxylation is 1. The molecule has 2 atom stereocenters. The van der Waals surface area contributed by atoms with Crippen LogP contribution in [0.2, 0.25) is 0 Å². The lowest BCUT2D eigenvalue weighted by Crippen LogP contribution is -2.01. The molecule has 2 rings (SSSR count). The molecule has 0 aliphatic heterocycles. The Bertz CT molecular complexity index is 254. The van der Waals surface area contributed by atoms with E-state index in [-0.39, 0.29) is 0 Å². The summed E-state index contributed by atoms with van der Waals surface area (Å²) in [4.78, 5) is 1.54. The third-order valence-electron chi connectivity index (χ3n) is 2.34. The number of nitrogens with two attached hydrogens (primary N) is 1. The van der Waals surface area contributed by atoms with Gasteiger partial charge in [0.25, 0.3) is 0 Å². The lowest BCUT2D eigenvalue weighted by atomic mass is 10.2. The molecule has 0 aromatic carbocycles. The van der Waals surface area contributed by atoms with Crippen molar-refractivity contribution in [2.45, 2.75) is 19.3 Å². The Morgan fingerprint density at radius 2 is 2.55 bits per heavy atom. The van der Waals surface area contributed by atoms with Crippen LogP contribution < -0.4 is 5.73 Å². The van der Waals surface area contributed by atoms with E-state index in [9.17, 15) is 0 Å². The van der Waals surface area contributed by atoms with Crippen LogP contribution >= 0.6 is 11.3 Å². The van der Waals surface area contributed by atoms with Gasteiger partial charge in [-0.2, -0.15) is 0 Å². The van der Waals surface area contributed by atoms with E-state index >= 15 is 0 Å². The Kier molecular flexibility index (Phi) is 1.74. The van der Waals surface area contributed by atoms with Gasteiger partial charge in [-0.1, -0.05) is 0 Å². The maximum absolute atomic E-state index is 5.57. The van der Waals surface area contributed by atoms with Crippen LogP contribution in [-0.2, 0) is 0 Å². The normalized spacial score (nSPS) is 28.9. The zero-order chi connectivity index (χ0) is 7.84. The zero-order valence-corrected chi connectivity index (χ0v) is 7.53. The second-order valence-electron chi connectivity index (χ2n) is 3.36. The van der Waals surface area contributed by atoms with Gasteiger partial charge in [0, 0.05) is 4.88 Å². The van der Waals surface area contributed by atoms with Gasteiger partial charge in [-0.25, -0.2) is 0 Å². The molecule has 11 heavy (non-hydrogen) atoms. The Morgan fingerprint density at radius 3 is 3.00 bits per heavy atom. The third kappa shape index (κ3) is 1.33. The zero-order valence-electron chi connectivity index (χ0n) is 6.71. The third-order valence-corrected chi connectivity index (χ3v) is 3.52. The first kappa shape index (κ1) is 7.32. The lowest BCUT2D eigenvalue weighted by Gasteiger charge is -1.90. The number of hydrogen-bond donors (Lipinski definition) is 1. The second kappa shape index (κ2) is 2.61. The largest absolute Gasteiger partial charge is 0.330 e. The predicted molar refractivity (Wildman–Crippen MR) is 49.0 cm³/mol. The van der Waals surface area contributed by atoms with Crippen molar-refractivity contribution >= 4 is 11.3 Å². The Labute approximate surface area is 71.2 Å². The minimum atomic E-state index is 0.785. The van der Waals surface area contributed by atoms with E-state index in [2.05, 4.69) is 18.4 Å². The van der Waals surface area contributed by atoms with E-state index in [1.807, 2.05) is 11.3 Å². The summed E-state index contributed by atoms with van der Waals surface area (Å²) in [7, 11) is 0. The molecule has 1 fully saturated rings. The van der Waals surface area contributed by atoms with Crippen LogP contribution in [0.3, 0.4) is 0 Å². The SMILES string of the molecule is Cc1csc([C@@H]2C[C@H]2CN)c1. The van der Waals surface area contributed by atoms with E-state index in [4.69, 9.17) is 5.73 Å². The lowest BCUT2D eigenvalue weighted by molar-refractivity contribution is 0.815. The van der Waals surface area contributed by atoms with E-state index in [0.717, 1.165) is 18.4 Å². The van der Waals surface area contributed by atoms with E-state index in [1.165, 1.54) is 16.9 Å². The van der Waals surface area contributed by atoms with Gasteiger partial charge in [-0.05, 0) is 48.7 Å². The molecule has 1 aliphatic rings. The highest BCUT2D eigenvalue weighted by Crippen LogP contribution is 2.48. The van der Waals surface area contributed by atoms with Gasteiger partial charge in [-0.3, -0.25) is 0 Å². The van der Waals surface area contributed by atoms with Crippen LogP contribution in [-0.4, -0.2) is 6.54 Å². The van der Waals surface area contributed by atoms with E-state index in [0.29, 0.717) is 0 Å². The summed E-state index contributed by atoms with van der Waals surface area (Å²) < 4.78 is 0. The molecule has 0 spiro atoms. The van der Waals surface area contributed by atoms with Gasteiger partial charge >= 0.3 is 0 Å². The molecule has 1 heterocycles. The fourth-order valence-corrected chi connectivity index (χ4v) is 2.61. The van der Waals surface area contributed by atoms with Crippen molar-refractivity contribution in [2.75, 3.05) is 6.54 Å². The topological polar surface area (TPSA) is 26.0 Å². The van der Waals surface area contributed by atoms with Gasteiger partial charge in [0.2, 0.25) is 0 Å². The minimum Gasteiger partial charge on any atom is -0.330 e. The molecular formula is C9H13NS. The smallest absolute Gasteiger partial charge is 0.00822 e. The van der Waals surface area contributed by atoms with Crippen molar-refractivity contribution in [2.24, 2.45) is 11.7 Å². The summed E-state index contributed by atoms with van der Waals surface area (Å²) in [5, 5.41) is 2.22. The highest BCUT2D eigenvalue weighted by atomic mass is 32.1. The highest BCUT2D eigenvalue weighted by molar-refractivity contribution is 7.10. The molecule has 1 aromatic rings. The summed E-state index contributed by atoms with van der Waals surface area (Å²) >= 11 is 1.88. The molecule has 0 radical (unpaired) electrons. The summed E-state index contributed by atoms with van der Waals surface area (Å²) in [6, 6.07) is 2.30. The molecule has 0 bridgehead atoms. The molecule has 2 heteroatoms. The summed E-state index contributed by atoms with van der Waals surface area (Å²) in [5.41, 5.74) is 6.97. The van der Waals surface area contributed by atoms with Crippen LogP contribution in [0.1, 0.15) is 22.8 Å².